The average molecular weight is 489 g/mol. The smallest absolute Gasteiger partial charge is 0.263 e. The molecule has 2 aromatic carbocycles. The van der Waals surface area contributed by atoms with Crippen molar-refractivity contribution in [3.63, 3.8) is 0 Å². The Labute approximate surface area is 198 Å². The maximum atomic E-state index is 13.0. The van der Waals surface area contributed by atoms with Crippen LogP contribution in [0.5, 0.6) is 11.5 Å². The van der Waals surface area contributed by atoms with Crippen LogP contribution >= 0.6 is 11.3 Å². The van der Waals surface area contributed by atoms with E-state index in [0.717, 1.165) is 22.5 Å². The van der Waals surface area contributed by atoms with Crippen LogP contribution in [0, 0.1) is 6.92 Å². The van der Waals surface area contributed by atoms with Gasteiger partial charge in [-0.05, 0) is 69.0 Å². The first-order valence-corrected chi connectivity index (χ1v) is 12.8. The van der Waals surface area contributed by atoms with Crippen molar-refractivity contribution in [1.82, 2.24) is 5.32 Å². The Bertz CT molecular complexity index is 1220. The van der Waals surface area contributed by atoms with Gasteiger partial charge in [0.2, 0.25) is 0 Å². The van der Waals surface area contributed by atoms with E-state index in [-0.39, 0.29) is 21.9 Å². The fraction of sp³-hybridized carbons (Fsp3) is 0.292. The zero-order valence-electron chi connectivity index (χ0n) is 19.2. The summed E-state index contributed by atoms with van der Waals surface area (Å²) < 4.78 is 39.5. The Morgan fingerprint density at radius 1 is 1.00 bits per heavy atom. The largest absolute Gasteiger partial charge is 0.493 e. The second kappa shape index (κ2) is 10.3. The summed E-state index contributed by atoms with van der Waals surface area (Å²) in [6, 6.07) is 13.5. The number of thiophene rings is 1. The van der Waals surface area contributed by atoms with E-state index in [1.54, 1.807) is 36.8 Å². The van der Waals surface area contributed by atoms with E-state index < -0.39 is 15.9 Å². The molecule has 0 aliphatic heterocycles. The maximum absolute atomic E-state index is 13.0. The first kappa shape index (κ1) is 24.6. The van der Waals surface area contributed by atoms with Crippen LogP contribution in [0.1, 0.15) is 47.6 Å². The molecule has 0 saturated carbocycles. The molecular weight excluding hydrogens is 460 g/mol. The van der Waals surface area contributed by atoms with Gasteiger partial charge in [-0.25, -0.2) is 8.42 Å². The summed E-state index contributed by atoms with van der Waals surface area (Å²) in [5, 5.41) is 4.46. The van der Waals surface area contributed by atoms with E-state index in [9.17, 15) is 13.2 Å². The molecule has 0 radical (unpaired) electrons. The van der Waals surface area contributed by atoms with Crippen LogP contribution in [0.2, 0.25) is 0 Å². The van der Waals surface area contributed by atoms with Crippen molar-refractivity contribution in [3.8, 4) is 11.5 Å². The van der Waals surface area contributed by atoms with Crippen LogP contribution in [-0.4, -0.2) is 27.5 Å². The SMILES string of the molecule is COc1cc(C(C)NC(=O)c2sccc2S(=O)(=O)Nc2ccc(C)cc2)ccc1OC(C)C. The van der Waals surface area contributed by atoms with Gasteiger partial charge in [-0.3, -0.25) is 9.52 Å². The van der Waals surface area contributed by atoms with Gasteiger partial charge >= 0.3 is 0 Å². The van der Waals surface area contributed by atoms with Crippen molar-refractivity contribution in [2.24, 2.45) is 0 Å². The third kappa shape index (κ3) is 6.06. The fourth-order valence-corrected chi connectivity index (χ4v) is 5.55. The number of carbonyl (C=O) groups excluding carboxylic acids is 1. The van der Waals surface area contributed by atoms with E-state index >= 15 is 0 Å². The third-order valence-electron chi connectivity index (χ3n) is 4.83. The molecule has 0 fully saturated rings. The molecule has 176 valence electrons. The lowest BCUT2D eigenvalue weighted by atomic mass is 10.1. The second-order valence-electron chi connectivity index (χ2n) is 7.86. The molecule has 0 spiro atoms. The number of nitrogens with one attached hydrogen (secondary N) is 2. The molecule has 33 heavy (non-hydrogen) atoms. The first-order chi connectivity index (χ1) is 15.6. The predicted octanol–water partition coefficient (Wildman–Crippen LogP) is 5.14. The molecule has 1 atom stereocenters. The minimum absolute atomic E-state index is 0.00501. The molecular formula is C24H28N2O5S2. The lowest BCUT2D eigenvalue weighted by Gasteiger charge is -2.18. The van der Waals surface area contributed by atoms with Gasteiger partial charge in [-0.15, -0.1) is 11.3 Å². The second-order valence-corrected chi connectivity index (χ2v) is 10.4. The van der Waals surface area contributed by atoms with Gasteiger partial charge in [-0.1, -0.05) is 23.8 Å². The Hall–Kier alpha value is -3.04. The predicted molar refractivity (Wildman–Crippen MR) is 131 cm³/mol. The summed E-state index contributed by atoms with van der Waals surface area (Å²) in [4.78, 5) is 13.0. The molecule has 2 N–H and O–H groups in total. The number of sulfonamides is 1. The van der Waals surface area contributed by atoms with Gasteiger partial charge in [-0.2, -0.15) is 0 Å². The number of anilines is 1. The van der Waals surface area contributed by atoms with Crippen LogP contribution < -0.4 is 19.5 Å². The minimum atomic E-state index is -3.92. The Morgan fingerprint density at radius 2 is 1.70 bits per heavy atom. The summed E-state index contributed by atoms with van der Waals surface area (Å²) in [5.74, 6) is 0.704. The van der Waals surface area contributed by atoms with Crippen molar-refractivity contribution >= 4 is 33.0 Å². The number of aryl methyl sites for hydroxylation is 1. The molecule has 1 unspecified atom stereocenters. The Kier molecular flexibility index (Phi) is 7.65. The molecule has 9 heteroatoms. The van der Waals surface area contributed by atoms with Gasteiger partial charge in [0.25, 0.3) is 15.9 Å². The Morgan fingerprint density at radius 3 is 2.33 bits per heavy atom. The third-order valence-corrected chi connectivity index (χ3v) is 7.29. The molecule has 1 heterocycles. The Balaban J connectivity index is 1.78. The van der Waals surface area contributed by atoms with Gasteiger partial charge < -0.3 is 14.8 Å². The molecule has 3 aromatic rings. The zero-order chi connectivity index (χ0) is 24.2. The highest BCUT2D eigenvalue weighted by atomic mass is 32.2. The maximum Gasteiger partial charge on any atom is 0.263 e. The topological polar surface area (TPSA) is 93.7 Å². The van der Waals surface area contributed by atoms with Crippen LogP contribution in [0.25, 0.3) is 0 Å². The van der Waals surface area contributed by atoms with Crippen molar-refractivity contribution < 1.29 is 22.7 Å². The molecule has 7 nitrogen and oxygen atoms in total. The molecule has 1 amide bonds. The van der Waals surface area contributed by atoms with Gasteiger partial charge in [0, 0.05) is 5.69 Å². The number of hydrogen-bond acceptors (Lipinski definition) is 6. The highest BCUT2D eigenvalue weighted by molar-refractivity contribution is 7.93. The standard InChI is InChI=1S/C24H28N2O5S2/c1-15(2)31-20-11-8-18(14-21(20)30-5)17(4)25-24(27)23-22(12-13-32-23)33(28,29)26-19-9-6-16(3)7-10-19/h6-15,17,26H,1-5H3,(H,25,27). The van der Waals surface area contributed by atoms with Gasteiger partial charge in [0.15, 0.2) is 11.5 Å². The number of rotatable bonds is 9. The van der Waals surface area contributed by atoms with Gasteiger partial charge in [0.05, 0.1) is 19.3 Å². The van der Waals surface area contributed by atoms with Crippen molar-refractivity contribution in [2.45, 2.75) is 44.7 Å². The zero-order valence-corrected chi connectivity index (χ0v) is 20.8. The van der Waals surface area contributed by atoms with Crippen LogP contribution in [0.4, 0.5) is 5.69 Å². The molecule has 0 aliphatic rings. The normalized spacial score (nSPS) is 12.3. The number of carbonyl (C=O) groups is 1. The van der Waals surface area contributed by atoms with E-state index in [1.165, 1.54) is 6.07 Å². The number of ether oxygens (including phenoxy) is 2. The number of benzene rings is 2. The highest BCUT2D eigenvalue weighted by Crippen LogP contribution is 2.32. The van der Waals surface area contributed by atoms with Gasteiger partial charge in [0.1, 0.15) is 9.77 Å². The number of methoxy groups -OCH3 is 1. The van der Waals surface area contributed by atoms with Crippen LogP contribution in [-0.2, 0) is 10.0 Å². The van der Waals surface area contributed by atoms with Crippen molar-refractivity contribution in [2.75, 3.05) is 11.8 Å². The number of hydrogen-bond donors (Lipinski definition) is 2. The highest BCUT2D eigenvalue weighted by Gasteiger charge is 2.25. The lowest BCUT2D eigenvalue weighted by molar-refractivity contribution is 0.0941. The van der Waals surface area contributed by atoms with Crippen molar-refractivity contribution in [3.05, 3.63) is 69.9 Å². The quantitative estimate of drug-likeness (QED) is 0.435. The summed E-state index contributed by atoms with van der Waals surface area (Å²) >= 11 is 1.08. The molecule has 0 aliphatic carbocycles. The molecule has 1 aromatic heterocycles. The van der Waals surface area contributed by atoms with Crippen molar-refractivity contribution in [1.29, 1.82) is 0 Å². The minimum Gasteiger partial charge on any atom is -0.493 e. The summed E-state index contributed by atoms with van der Waals surface area (Å²) in [5.41, 5.74) is 2.25. The summed E-state index contributed by atoms with van der Waals surface area (Å²) in [6.07, 6.45) is -0.00501. The first-order valence-electron chi connectivity index (χ1n) is 10.4. The number of amides is 1. The van der Waals surface area contributed by atoms with E-state index in [1.807, 2.05) is 45.9 Å². The van der Waals surface area contributed by atoms with Crippen LogP contribution in [0.3, 0.4) is 0 Å². The van der Waals surface area contributed by atoms with E-state index in [2.05, 4.69) is 10.0 Å². The molecule has 0 saturated heterocycles. The molecule has 3 rings (SSSR count). The van der Waals surface area contributed by atoms with E-state index in [0.29, 0.717) is 17.2 Å². The summed E-state index contributed by atoms with van der Waals surface area (Å²) in [6.45, 7) is 7.59. The fourth-order valence-electron chi connectivity index (χ4n) is 3.16. The molecule has 0 bridgehead atoms. The van der Waals surface area contributed by atoms with E-state index in [4.69, 9.17) is 9.47 Å². The monoisotopic (exact) mass is 488 g/mol. The summed E-state index contributed by atoms with van der Waals surface area (Å²) in [7, 11) is -2.37. The average Bonchev–Trinajstić information content (AvgIpc) is 3.26. The van der Waals surface area contributed by atoms with Crippen LogP contribution in [0.15, 0.2) is 58.8 Å². The lowest BCUT2D eigenvalue weighted by Crippen LogP contribution is -2.27.